The minimum atomic E-state index is -0.0723. The number of hydrogen-bond donors (Lipinski definition) is 1. The molecule has 0 aromatic carbocycles. The second-order valence-electron chi connectivity index (χ2n) is 6.46. The second kappa shape index (κ2) is 7.73. The molecule has 0 spiro atoms. The molecule has 126 valence electrons. The first-order valence-electron chi connectivity index (χ1n) is 8.71. The molecule has 0 atom stereocenters. The van der Waals surface area contributed by atoms with Crippen molar-refractivity contribution in [3.8, 4) is 0 Å². The van der Waals surface area contributed by atoms with Gasteiger partial charge < -0.3 is 15.0 Å². The zero-order chi connectivity index (χ0) is 16.1. The molecule has 1 aliphatic heterocycles. The van der Waals surface area contributed by atoms with Gasteiger partial charge in [0.25, 0.3) is 5.91 Å². The van der Waals surface area contributed by atoms with Crippen LogP contribution in [0.3, 0.4) is 0 Å². The molecular weight excluding hydrogens is 292 g/mol. The van der Waals surface area contributed by atoms with Crippen LogP contribution in [-0.4, -0.2) is 48.2 Å². The summed E-state index contributed by atoms with van der Waals surface area (Å²) in [6.45, 7) is 4.82. The predicted octanol–water partition coefficient (Wildman–Crippen LogP) is 2.07. The monoisotopic (exact) mass is 318 g/mol. The lowest BCUT2D eigenvalue weighted by Gasteiger charge is -2.27. The maximum atomic E-state index is 12.6. The van der Waals surface area contributed by atoms with Gasteiger partial charge >= 0.3 is 0 Å². The van der Waals surface area contributed by atoms with Gasteiger partial charge in [-0.1, -0.05) is 25.7 Å². The number of rotatable bonds is 3. The number of anilines is 1. The van der Waals surface area contributed by atoms with Gasteiger partial charge in [-0.25, -0.2) is 9.97 Å². The van der Waals surface area contributed by atoms with Crippen LogP contribution in [0, 0.1) is 6.92 Å². The normalized spacial score (nSPS) is 20.1. The molecule has 1 aromatic heterocycles. The SMILES string of the molecule is Cc1cc(C(=O)NC2CCCCCC2)nc(N2CCOCC2)n1. The third kappa shape index (κ3) is 4.41. The molecule has 23 heavy (non-hydrogen) atoms. The van der Waals surface area contributed by atoms with Crippen LogP contribution in [0.5, 0.6) is 0 Å². The largest absolute Gasteiger partial charge is 0.378 e. The van der Waals surface area contributed by atoms with Crippen LogP contribution in [0.25, 0.3) is 0 Å². The van der Waals surface area contributed by atoms with E-state index in [1.807, 2.05) is 6.92 Å². The van der Waals surface area contributed by atoms with Gasteiger partial charge in [-0.05, 0) is 25.8 Å². The highest BCUT2D eigenvalue weighted by Gasteiger charge is 2.20. The van der Waals surface area contributed by atoms with E-state index in [9.17, 15) is 4.79 Å². The number of aromatic nitrogens is 2. The number of amides is 1. The van der Waals surface area contributed by atoms with Crippen LogP contribution >= 0.6 is 0 Å². The molecule has 1 saturated carbocycles. The van der Waals surface area contributed by atoms with Crippen molar-refractivity contribution in [2.24, 2.45) is 0 Å². The first-order valence-corrected chi connectivity index (χ1v) is 8.71. The van der Waals surface area contributed by atoms with Gasteiger partial charge in [-0.3, -0.25) is 4.79 Å². The molecule has 6 heteroatoms. The number of aryl methyl sites for hydroxylation is 1. The van der Waals surface area contributed by atoms with E-state index in [0.717, 1.165) is 31.6 Å². The molecule has 1 N–H and O–H groups in total. The van der Waals surface area contributed by atoms with Crippen molar-refractivity contribution in [3.63, 3.8) is 0 Å². The van der Waals surface area contributed by atoms with Crippen LogP contribution in [0.2, 0.25) is 0 Å². The Morgan fingerprint density at radius 1 is 1.17 bits per heavy atom. The lowest BCUT2D eigenvalue weighted by atomic mass is 10.1. The van der Waals surface area contributed by atoms with Crippen molar-refractivity contribution in [1.82, 2.24) is 15.3 Å². The fourth-order valence-corrected chi connectivity index (χ4v) is 3.26. The Balaban J connectivity index is 1.70. The molecule has 0 radical (unpaired) electrons. The van der Waals surface area contributed by atoms with Gasteiger partial charge in [-0.15, -0.1) is 0 Å². The van der Waals surface area contributed by atoms with Crippen molar-refractivity contribution in [3.05, 3.63) is 17.5 Å². The highest BCUT2D eigenvalue weighted by molar-refractivity contribution is 5.92. The van der Waals surface area contributed by atoms with Gasteiger partial charge in [0.15, 0.2) is 0 Å². The molecular formula is C17H26N4O2. The molecule has 1 aromatic rings. The first kappa shape index (κ1) is 16.2. The summed E-state index contributed by atoms with van der Waals surface area (Å²) in [5.41, 5.74) is 1.30. The first-order chi connectivity index (χ1) is 11.2. The molecule has 2 fully saturated rings. The third-order valence-corrected chi connectivity index (χ3v) is 4.56. The van der Waals surface area contributed by atoms with E-state index >= 15 is 0 Å². The van der Waals surface area contributed by atoms with Crippen LogP contribution in [0.15, 0.2) is 6.07 Å². The lowest BCUT2D eigenvalue weighted by molar-refractivity contribution is 0.0928. The Morgan fingerprint density at radius 2 is 1.87 bits per heavy atom. The number of hydrogen-bond acceptors (Lipinski definition) is 5. The van der Waals surface area contributed by atoms with Crippen LogP contribution < -0.4 is 10.2 Å². The van der Waals surface area contributed by atoms with E-state index in [-0.39, 0.29) is 11.9 Å². The van der Waals surface area contributed by atoms with Crippen molar-refractivity contribution in [2.45, 2.75) is 51.5 Å². The minimum absolute atomic E-state index is 0.0723. The molecule has 0 unspecified atom stereocenters. The summed E-state index contributed by atoms with van der Waals surface area (Å²) in [5, 5.41) is 3.16. The fourth-order valence-electron chi connectivity index (χ4n) is 3.26. The van der Waals surface area contributed by atoms with Gasteiger partial charge in [-0.2, -0.15) is 0 Å². The molecule has 3 rings (SSSR count). The Hall–Kier alpha value is -1.69. The smallest absolute Gasteiger partial charge is 0.270 e. The number of morpholine rings is 1. The van der Waals surface area contributed by atoms with E-state index in [1.165, 1.54) is 25.7 Å². The molecule has 1 amide bonds. The summed E-state index contributed by atoms with van der Waals surface area (Å²) in [5.74, 6) is 0.566. The molecule has 1 saturated heterocycles. The van der Waals surface area contributed by atoms with E-state index in [0.29, 0.717) is 24.9 Å². The minimum Gasteiger partial charge on any atom is -0.378 e. The highest BCUT2D eigenvalue weighted by atomic mass is 16.5. The zero-order valence-corrected chi connectivity index (χ0v) is 13.9. The number of nitrogens with zero attached hydrogens (tertiary/aromatic N) is 3. The lowest BCUT2D eigenvalue weighted by Crippen LogP contribution is -2.38. The van der Waals surface area contributed by atoms with Crippen molar-refractivity contribution in [2.75, 3.05) is 31.2 Å². The number of nitrogens with one attached hydrogen (secondary N) is 1. The van der Waals surface area contributed by atoms with Crippen LogP contribution in [0.4, 0.5) is 5.95 Å². The van der Waals surface area contributed by atoms with Crippen molar-refractivity contribution < 1.29 is 9.53 Å². The fraction of sp³-hybridized carbons (Fsp3) is 0.706. The standard InChI is InChI=1S/C17H26N4O2/c1-13-12-15(16(22)19-14-6-4-2-3-5-7-14)20-17(18-13)21-8-10-23-11-9-21/h12,14H,2-11H2,1H3,(H,19,22). The van der Waals surface area contributed by atoms with E-state index in [1.54, 1.807) is 6.07 Å². The number of ether oxygens (including phenoxy) is 1. The summed E-state index contributed by atoms with van der Waals surface area (Å²) >= 11 is 0. The van der Waals surface area contributed by atoms with E-state index < -0.39 is 0 Å². The van der Waals surface area contributed by atoms with Gasteiger partial charge in [0, 0.05) is 24.8 Å². The molecule has 2 heterocycles. The van der Waals surface area contributed by atoms with Crippen LogP contribution in [-0.2, 0) is 4.74 Å². The number of carbonyl (C=O) groups is 1. The average Bonchev–Trinajstić information content (AvgIpc) is 2.84. The van der Waals surface area contributed by atoms with Gasteiger partial charge in [0.1, 0.15) is 5.69 Å². The Morgan fingerprint density at radius 3 is 2.57 bits per heavy atom. The maximum Gasteiger partial charge on any atom is 0.270 e. The Kier molecular flexibility index (Phi) is 5.43. The second-order valence-corrected chi connectivity index (χ2v) is 6.46. The summed E-state index contributed by atoms with van der Waals surface area (Å²) in [4.78, 5) is 23.6. The summed E-state index contributed by atoms with van der Waals surface area (Å²) in [6, 6.07) is 2.06. The molecule has 0 bridgehead atoms. The topological polar surface area (TPSA) is 67.4 Å². The predicted molar refractivity (Wildman–Crippen MR) is 88.8 cm³/mol. The van der Waals surface area contributed by atoms with Crippen molar-refractivity contribution >= 4 is 11.9 Å². The quantitative estimate of drug-likeness (QED) is 0.864. The summed E-state index contributed by atoms with van der Waals surface area (Å²) in [6.07, 6.45) is 7.11. The summed E-state index contributed by atoms with van der Waals surface area (Å²) in [7, 11) is 0. The van der Waals surface area contributed by atoms with Gasteiger partial charge in [0.05, 0.1) is 13.2 Å². The third-order valence-electron chi connectivity index (χ3n) is 4.56. The molecule has 6 nitrogen and oxygen atoms in total. The number of carbonyl (C=O) groups excluding carboxylic acids is 1. The zero-order valence-electron chi connectivity index (χ0n) is 13.9. The highest BCUT2D eigenvalue weighted by Crippen LogP contribution is 2.18. The van der Waals surface area contributed by atoms with Crippen molar-refractivity contribution in [1.29, 1.82) is 0 Å². The van der Waals surface area contributed by atoms with E-state index in [2.05, 4.69) is 20.2 Å². The maximum absolute atomic E-state index is 12.6. The summed E-state index contributed by atoms with van der Waals surface area (Å²) < 4.78 is 5.36. The average molecular weight is 318 g/mol. The van der Waals surface area contributed by atoms with Crippen LogP contribution in [0.1, 0.15) is 54.7 Å². The Bertz CT molecular complexity index is 535. The van der Waals surface area contributed by atoms with E-state index in [4.69, 9.17) is 4.74 Å². The Labute approximate surface area is 137 Å². The molecule has 2 aliphatic rings. The molecule has 1 aliphatic carbocycles. The van der Waals surface area contributed by atoms with Gasteiger partial charge in [0.2, 0.25) is 5.95 Å².